The van der Waals surface area contributed by atoms with Crippen LogP contribution in [-0.2, 0) is 0 Å². The van der Waals surface area contributed by atoms with Crippen LogP contribution in [0.3, 0.4) is 0 Å². The highest BCUT2D eigenvalue weighted by molar-refractivity contribution is 7.99. The number of para-hydroxylation sites is 1. The molecule has 0 unspecified atom stereocenters. The van der Waals surface area contributed by atoms with Crippen LogP contribution in [0.4, 0.5) is 0 Å². The first-order chi connectivity index (χ1) is 15.2. The minimum Gasteiger partial charge on any atom is -0.273 e. The molecule has 2 heterocycles. The topological polar surface area (TPSA) is 68.1 Å². The maximum absolute atomic E-state index is 12.6. The first-order valence-electron chi connectivity index (χ1n) is 9.88. The lowest BCUT2D eigenvalue weighted by molar-refractivity contribution is 0.0664. The van der Waals surface area contributed by atoms with Crippen molar-refractivity contribution < 1.29 is 9.59 Å². The van der Waals surface area contributed by atoms with Gasteiger partial charge in [0.15, 0.2) is 11.0 Å². The number of nitrogens with zero attached hydrogens (tertiary/aromatic N) is 4. The van der Waals surface area contributed by atoms with E-state index in [-0.39, 0.29) is 11.8 Å². The summed E-state index contributed by atoms with van der Waals surface area (Å²) in [5.41, 5.74) is 2.85. The number of carbonyl (C=O) groups is 2. The van der Waals surface area contributed by atoms with Crippen LogP contribution >= 0.6 is 11.8 Å². The maximum atomic E-state index is 12.6. The quantitative estimate of drug-likeness (QED) is 0.339. The summed E-state index contributed by atoms with van der Waals surface area (Å²) in [5, 5.41) is 9.53. The fourth-order valence-corrected chi connectivity index (χ4v) is 4.49. The number of fused-ring (bicyclic) bond motifs is 1. The Balaban J connectivity index is 1.39. The number of imide groups is 1. The Bertz CT molecular complexity index is 1220. The molecule has 0 atom stereocenters. The van der Waals surface area contributed by atoms with Gasteiger partial charge in [0.25, 0.3) is 11.8 Å². The zero-order chi connectivity index (χ0) is 21.2. The van der Waals surface area contributed by atoms with E-state index in [1.807, 2.05) is 65.2 Å². The van der Waals surface area contributed by atoms with E-state index in [1.54, 1.807) is 24.3 Å². The summed E-state index contributed by atoms with van der Waals surface area (Å²) >= 11 is 1.47. The van der Waals surface area contributed by atoms with Gasteiger partial charge in [-0.05, 0) is 24.3 Å². The first kappa shape index (κ1) is 19.3. The van der Waals surface area contributed by atoms with Gasteiger partial charge in [0.1, 0.15) is 0 Å². The molecule has 1 aromatic heterocycles. The van der Waals surface area contributed by atoms with Crippen LogP contribution in [0.2, 0.25) is 0 Å². The molecule has 3 aromatic carbocycles. The van der Waals surface area contributed by atoms with Crippen LogP contribution < -0.4 is 0 Å². The van der Waals surface area contributed by atoms with E-state index in [0.717, 1.165) is 17.1 Å². The Morgan fingerprint density at radius 3 is 1.94 bits per heavy atom. The van der Waals surface area contributed by atoms with Gasteiger partial charge in [-0.1, -0.05) is 72.4 Å². The van der Waals surface area contributed by atoms with Gasteiger partial charge in [0.2, 0.25) is 0 Å². The Hall–Kier alpha value is -3.71. The third kappa shape index (κ3) is 3.53. The largest absolute Gasteiger partial charge is 0.273 e. The summed E-state index contributed by atoms with van der Waals surface area (Å²) in [6.45, 7) is 0.305. The lowest BCUT2D eigenvalue weighted by Gasteiger charge is -2.14. The molecule has 0 spiro atoms. The highest BCUT2D eigenvalue weighted by Gasteiger charge is 2.34. The van der Waals surface area contributed by atoms with Gasteiger partial charge in [-0.3, -0.25) is 19.1 Å². The van der Waals surface area contributed by atoms with E-state index < -0.39 is 0 Å². The Morgan fingerprint density at radius 1 is 0.710 bits per heavy atom. The fourth-order valence-electron chi connectivity index (χ4n) is 3.62. The molecule has 0 N–H and O–H groups in total. The summed E-state index contributed by atoms with van der Waals surface area (Å²) in [4.78, 5) is 26.5. The summed E-state index contributed by atoms with van der Waals surface area (Å²) < 4.78 is 2.00. The van der Waals surface area contributed by atoms with Gasteiger partial charge >= 0.3 is 0 Å². The average molecular weight is 427 g/mol. The van der Waals surface area contributed by atoms with Crippen molar-refractivity contribution in [2.45, 2.75) is 5.16 Å². The van der Waals surface area contributed by atoms with Gasteiger partial charge in [-0.25, -0.2) is 0 Å². The number of aromatic nitrogens is 3. The van der Waals surface area contributed by atoms with Crippen LogP contribution in [0.25, 0.3) is 17.1 Å². The molecular weight excluding hydrogens is 408 g/mol. The van der Waals surface area contributed by atoms with Crippen molar-refractivity contribution in [1.82, 2.24) is 19.7 Å². The van der Waals surface area contributed by atoms with Crippen molar-refractivity contribution in [2.75, 3.05) is 12.3 Å². The molecule has 0 saturated heterocycles. The fraction of sp³-hybridized carbons (Fsp3) is 0.0833. The predicted octanol–water partition coefficient (Wildman–Crippen LogP) is 4.32. The molecular formula is C24H18N4O2S. The van der Waals surface area contributed by atoms with Crippen LogP contribution in [0.15, 0.2) is 90.1 Å². The number of hydrogen-bond donors (Lipinski definition) is 0. The molecule has 31 heavy (non-hydrogen) atoms. The van der Waals surface area contributed by atoms with Gasteiger partial charge in [0, 0.05) is 23.5 Å². The van der Waals surface area contributed by atoms with Crippen molar-refractivity contribution in [2.24, 2.45) is 0 Å². The first-order valence-corrected chi connectivity index (χ1v) is 10.9. The van der Waals surface area contributed by atoms with Gasteiger partial charge in [0.05, 0.1) is 11.1 Å². The minimum absolute atomic E-state index is 0.240. The molecule has 1 aliphatic rings. The third-order valence-electron chi connectivity index (χ3n) is 5.10. The van der Waals surface area contributed by atoms with Crippen molar-refractivity contribution in [3.05, 3.63) is 96.1 Å². The molecule has 2 amide bonds. The van der Waals surface area contributed by atoms with Crippen molar-refractivity contribution >= 4 is 23.6 Å². The molecule has 152 valence electrons. The number of thioether (sulfide) groups is 1. The molecule has 4 aromatic rings. The van der Waals surface area contributed by atoms with Crippen molar-refractivity contribution in [3.8, 4) is 17.1 Å². The predicted molar refractivity (Wildman–Crippen MR) is 119 cm³/mol. The SMILES string of the molecule is O=C1c2ccccc2C(=O)N1CCSc1nnc(-c2ccccc2)n1-c1ccccc1. The lowest BCUT2D eigenvalue weighted by atomic mass is 10.1. The number of rotatable bonds is 6. The van der Waals surface area contributed by atoms with Crippen molar-refractivity contribution in [3.63, 3.8) is 0 Å². The molecule has 0 aliphatic carbocycles. The van der Waals surface area contributed by atoms with E-state index in [9.17, 15) is 9.59 Å². The summed E-state index contributed by atoms with van der Waals surface area (Å²) in [5.74, 6) is 0.784. The number of carbonyl (C=O) groups excluding carboxylic acids is 2. The smallest absolute Gasteiger partial charge is 0.261 e. The van der Waals surface area contributed by atoms with E-state index >= 15 is 0 Å². The molecule has 0 saturated carbocycles. The zero-order valence-electron chi connectivity index (χ0n) is 16.5. The van der Waals surface area contributed by atoms with Crippen LogP contribution in [0.5, 0.6) is 0 Å². The zero-order valence-corrected chi connectivity index (χ0v) is 17.3. The third-order valence-corrected chi connectivity index (χ3v) is 6.01. The van der Waals surface area contributed by atoms with E-state index in [4.69, 9.17) is 0 Å². The summed E-state index contributed by atoms with van der Waals surface area (Å²) in [6.07, 6.45) is 0. The second kappa shape index (κ2) is 8.20. The Kier molecular flexibility index (Phi) is 5.09. The lowest BCUT2D eigenvalue weighted by Crippen LogP contribution is -2.31. The van der Waals surface area contributed by atoms with Gasteiger partial charge in [-0.2, -0.15) is 0 Å². The Labute approximate surface area is 183 Å². The summed E-state index contributed by atoms with van der Waals surface area (Å²) in [7, 11) is 0. The Morgan fingerprint density at radius 2 is 1.29 bits per heavy atom. The molecule has 0 fully saturated rings. The standard InChI is InChI=1S/C24H18N4O2S/c29-22-19-13-7-8-14-20(19)23(30)27(22)15-16-31-24-26-25-21(17-9-3-1-4-10-17)28(24)18-11-5-2-6-12-18/h1-14H,15-16H2. The second-order valence-corrected chi connectivity index (χ2v) is 8.06. The molecule has 6 nitrogen and oxygen atoms in total. The van der Waals surface area contributed by atoms with Gasteiger partial charge < -0.3 is 0 Å². The average Bonchev–Trinajstić information content (AvgIpc) is 3.35. The summed E-state index contributed by atoms with van der Waals surface area (Å²) in [6, 6.07) is 26.7. The highest BCUT2D eigenvalue weighted by atomic mass is 32.2. The molecule has 0 bridgehead atoms. The van der Waals surface area contributed by atoms with Crippen molar-refractivity contribution in [1.29, 1.82) is 0 Å². The number of benzene rings is 3. The molecule has 7 heteroatoms. The maximum Gasteiger partial charge on any atom is 0.261 e. The monoisotopic (exact) mass is 426 g/mol. The number of amides is 2. The van der Waals surface area contributed by atoms with Crippen LogP contribution in [0, 0.1) is 0 Å². The highest BCUT2D eigenvalue weighted by Crippen LogP contribution is 2.29. The van der Waals surface area contributed by atoms with Crippen LogP contribution in [0.1, 0.15) is 20.7 Å². The molecule has 5 rings (SSSR count). The van der Waals surface area contributed by atoms with E-state index in [1.165, 1.54) is 16.7 Å². The number of hydrogen-bond acceptors (Lipinski definition) is 5. The second-order valence-electron chi connectivity index (χ2n) is 7.00. The molecule has 1 aliphatic heterocycles. The van der Waals surface area contributed by atoms with E-state index in [2.05, 4.69) is 10.2 Å². The van der Waals surface area contributed by atoms with Crippen LogP contribution in [-0.4, -0.2) is 43.8 Å². The minimum atomic E-state index is -0.240. The molecule has 0 radical (unpaired) electrons. The van der Waals surface area contributed by atoms with Gasteiger partial charge in [-0.15, -0.1) is 10.2 Å². The van der Waals surface area contributed by atoms with E-state index in [0.29, 0.717) is 28.6 Å². The normalized spacial score (nSPS) is 13.0.